The van der Waals surface area contributed by atoms with Gasteiger partial charge in [-0.1, -0.05) is 12.1 Å². The lowest BCUT2D eigenvalue weighted by Gasteiger charge is -2.09. The first-order valence-electron chi connectivity index (χ1n) is 5.48. The number of hydrogen-bond donors (Lipinski definition) is 2. The van der Waals surface area contributed by atoms with Gasteiger partial charge in [0.25, 0.3) is 0 Å². The van der Waals surface area contributed by atoms with Crippen molar-refractivity contribution in [2.45, 2.75) is 12.8 Å². The van der Waals surface area contributed by atoms with Gasteiger partial charge >= 0.3 is 6.18 Å². The summed E-state index contributed by atoms with van der Waals surface area (Å²) in [7, 11) is 0. The highest BCUT2D eigenvalue weighted by atomic mass is 19.4. The summed E-state index contributed by atoms with van der Waals surface area (Å²) in [6.45, 7) is -0.211. The molecule has 2 rings (SSSR count). The van der Waals surface area contributed by atoms with E-state index in [1.807, 2.05) is 0 Å². The maximum atomic E-state index is 12.5. The lowest BCUT2D eigenvalue weighted by molar-refractivity contribution is -0.145. The Balaban J connectivity index is 2.31. The van der Waals surface area contributed by atoms with Crippen molar-refractivity contribution in [2.24, 2.45) is 0 Å². The van der Waals surface area contributed by atoms with E-state index < -0.39 is 12.0 Å². The van der Waals surface area contributed by atoms with Crippen molar-refractivity contribution in [2.75, 3.05) is 5.73 Å². The van der Waals surface area contributed by atoms with Crippen LogP contribution in [0.1, 0.15) is 11.4 Å². The van der Waals surface area contributed by atoms with Crippen LogP contribution in [0, 0.1) is 0 Å². The van der Waals surface area contributed by atoms with E-state index in [0.717, 1.165) is 6.07 Å². The Kier molecular flexibility index (Phi) is 3.75. The standard InChI is InChI=1S/C12H10F3N3O2/c13-12(14,15)11-17-9(16)5-10(18-11)20-8-3-1-2-7(4-8)6-19/h1-5,19H,6H2,(H2,16,17,18). The van der Waals surface area contributed by atoms with Crippen molar-refractivity contribution in [3.8, 4) is 11.6 Å². The fourth-order valence-electron chi connectivity index (χ4n) is 1.45. The van der Waals surface area contributed by atoms with E-state index in [0.29, 0.717) is 5.56 Å². The zero-order chi connectivity index (χ0) is 14.8. The number of alkyl halides is 3. The molecule has 0 aliphatic rings. The van der Waals surface area contributed by atoms with E-state index in [1.54, 1.807) is 12.1 Å². The minimum absolute atomic E-state index is 0.211. The first-order valence-corrected chi connectivity index (χ1v) is 5.48. The highest BCUT2D eigenvalue weighted by molar-refractivity contribution is 5.37. The Bertz CT molecular complexity index is 617. The molecular formula is C12H10F3N3O2. The minimum atomic E-state index is -4.71. The van der Waals surface area contributed by atoms with Crippen molar-refractivity contribution in [3.05, 3.63) is 41.7 Å². The molecule has 0 fully saturated rings. The number of ether oxygens (including phenoxy) is 1. The van der Waals surface area contributed by atoms with Gasteiger partial charge in [-0.05, 0) is 17.7 Å². The van der Waals surface area contributed by atoms with Gasteiger partial charge in [0.1, 0.15) is 11.6 Å². The zero-order valence-corrected chi connectivity index (χ0v) is 10.1. The molecule has 0 radical (unpaired) electrons. The van der Waals surface area contributed by atoms with Gasteiger partial charge in [0.15, 0.2) is 0 Å². The second kappa shape index (κ2) is 5.33. The molecule has 0 spiro atoms. The number of anilines is 1. The molecule has 0 aliphatic carbocycles. The van der Waals surface area contributed by atoms with Crippen LogP contribution in [0.15, 0.2) is 30.3 Å². The number of halogens is 3. The number of nitrogens with two attached hydrogens (primary N) is 1. The van der Waals surface area contributed by atoms with Crippen LogP contribution in [0.3, 0.4) is 0 Å². The molecule has 2 aromatic rings. The molecular weight excluding hydrogens is 275 g/mol. The van der Waals surface area contributed by atoms with Crippen LogP contribution in [0.4, 0.5) is 19.0 Å². The Morgan fingerprint density at radius 3 is 2.60 bits per heavy atom. The maximum Gasteiger partial charge on any atom is 0.451 e. The highest BCUT2D eigenvalue weighted by Gasteiger charge is 2.35. The normalized spacial score (nSPS) is 11.4. The van der Waals surface area contributed by atoms with Crippen LogP contribution < -0.4 is 10.5 Å². The molecule has 0 saturated heterocycles. The number of nitrogen functional groups attached to an aromatic ring is 1. The van der Waals surface area contributed by atoms with Gasteiger partial charge in [0.2, 0.25) is 11.7 Å². The maximum absolute atomic E-state index is 12.5. The van der Waals surface area contributed by atoms with Crippen LogP contribution in [-0.2, 0) is 12.8 Å². The predicted molar refractivity (Wildman–Crippen MR) is 63.9 cm³/mol. The number of nitrogens with zero attached hydrogens (tertiary/aromatic N) is 2. The minimum Gasteiger partial charge on any atom is -0.439 e. The van der Waals surface area contributed by atoms with Crippen LogP contribution in [0.5, 0.6) is 11.6 Å². The fraction of sp³-hybridized carbons (Fsp3) is 0.167. The third-order valence-electron chi connectivity index (χ3n) is 2.28. The summed E-state index contributed by atoms with van der Waals surface area (Å²) in [6.07, 6.45) is -4.71. The number of hydrogen-bond acceptors (Lipinski definition) is 5. The van der Waals surface area contributed by atoms with E-state index in [1.165, 1.54) is 12.1 Å². The molecule has 0 atom stereocenters. The third-order valence-corrected chi connectivity index (χ3v) is 2.28. The van der Waals surface area contributed by atoms with Crippen LogP contribution in [-0.4, -0.2) is 15.1 Å². The quantitative estimate of drug-likeness (QED) is 0.904. The lowest BCUT2D eigenvalue weighted by Crippen LogP contribution is -2.12. The van der Waals surface area contributed by atoms with Crippen LogP contribution in [0.25, 0.3) is 0 Å². The Hall–Kier alpha value is -2.35. The Labute approximate surface area is 111 Å². The summed E-state index contributed by atoms with van der Waals surface area (Å²) < 4.78 is 42.8. The van der Waals surface area contributed by atoms with Crippen LogP contribution in [0.2, 0.25) is 0 Å². The zero-order valence-electron chi connectivity index (χ0n) is 10.1. The molecule has 1 aromatic carbocycles. The van der Waals surface area contributed by atoms with Crippen LogP contribution >= 0.6 is 0 Å². The first kappa shape index (κ1) is 14.1. The molecule has 1 heterocycles. The SMILES string of the molecule is Nc1cc(Oc2cccc(CO)c2)nc(C(F)(F)F)n1. The predicted octanol–water partition coefficient (Wildman–Crippen LogP) is 2.36. The van der Waals surface area contributed by atoms with E-state index in [4.69, 9.17) is 15.6 Å². The molecule has 0 aliphatic heterocycles. The summed E-state index contributed by atoms with van der Waals surface area (Å²) in [4.78, 5) is 6.36. The van der Waals surface area contributed by atoms with Crippen molar-refractivity contribution < 1.29 is 23.0 Å². The third kappa shape index (κ3) is 3.35. The molecule has 0 saturated carbocycles. The molecule has 0 amide bonds. The molecule has 8 heteroatoms. The van der Waals surface area contributed by atoms with Gasteiger partial charge in [-0.2, -0.15) is 18.2 Å². The number of aliphatic hydroxyl groups excluding tert-OH is 1. The molecule has 0 bridgehead atoms. The number of aromatic nitrogens is 2. The average molecular weight is 285 g/mol. The number of rotatable bonds is 3. The lowest BCUT2D eigenvalue weighted by atomic mass is 10.2. The van der Waals surface area contributed by atoms with Crippen molar-refractivity contribution in [1.29, 1.82) is 0 Å². The average Bonchev–Trinajstić information content (AvgIpc) is 2.37. The molecule has 106 valence electrons. The van der Waals surface area contributed by atoms with Gasteiger partial charge in [-0.15, -0.1) is 0 Å². The van der Waals surface area contributed by atoms with Gasteiger partial charge in [-0.3, -0.25) is 0 Å². The van der Waals surface area contributed by atoms with Gasteiger partial charge < -0.3 is 15.6 Å². The number of aliphatic hydroxyl groups is 1. The van der Waals surface area contributed by atoms with E-state index in [2.05, 4.69) is 9.97 Å². The second-order valence-corrected chi connectivity index (χ2v) is 3.86. The molecule has 0 unspecified atom stereocenters. The molecule has 20 heavy (non-hydrogen) atoms. The van der Waals surface area contributed by atoms with E-state index >= 15 is 0 Å². The van der Waals surface area contributed by atoms with Crippen molar-refractivity contribution in [1.82, 2.24) is 9.97 Å². The monoisotopic (exact) mass is 285 g/mol. The largest absolute Gasteiger partial charge is 0.451 e. The first-order chi connectivity index (χ1) is 9.38. The summed E-state index contributed by atoms with van der Waals surface area (Å²) in [5.74, 6) is -1.80. The van der Waals surface area contributed by atoms with E-state index in [9.17, 15) is 13.2 Å². The molecule has 3 N–H and O–H groups in total. The van der Waals surface area contributed by atoms with E-state index in [-0.39, 0.29) is 24.1 Å². The molecule has 5 nitrogen and oxygen atoms in total. The summed E-state index contributed by atoms with van der Waals surface area (Å²) >= 11 is 0. The fourth-order valence-corrected chi connectivity index (χ4v) is 1.45. The highest BCUT2D eigenvalue weighted by Crippen LogP contribution is 2.29. The van der Waals surface area contributed by atoms with Crippen molar-refractivity contribution in [3.63, 3.8) is 0 Å². The van der Waals surface area contributed by atoms with Gasteiger partial charge in [-0.25, -0.2) is 4.98 Å². The smallest absolute Gasteiger partial charge is 0.439 e. The second-order valence-electron chi connectivity index (χ2n) is 3.86. The molecule has 1 aromatic heterocycles. The summed E-state index contributed by atoms with van der Waals surface area (Å²) in [5, 5.41) is 8.97. The summed E-state index contributed by atoms with van der Waals surface area (Å²) in [6, 6.07) is 7.32. The van der Waals surface area contributed by atoms with Gasteiger partial charge in [0.05, 0.1) is 6.61 Å². The van der Waals surface area contributed by atoms with Crippen molar-refractivity contribution >= 4 is 5.82 Å². The summed E-state index contributed by atoms with van der Waals surface area (Å²) in [5.41, 5.74) is 5.85. The Morgan fingerprint density at radius 1 is 1.20 bits per heavy atom. The topological polar surface area (TPSA) is 81.3 Å². The Morgan fingerprint density at radius 2 is 1.95 bits per heavy atom. The van der Waals surface area contributed by atoms with Gasteiger partial charge in [0, 0.05) is 6.07 Å². The number of benzene rings is 1.